The normalized spacial score (nSPS) is 20.3. The lowest BCUT2D eigenvalue weighted by atomic mass is 10.1. The van der Waals surface area contributed by atoms with Gasteiger partial charge in [0.2, 0.25) is 3.79 Å². The highest BCUT2D eigenvalue weighted by Crippen LogP contribution is 2.38. The minimum atomic E-state index is -1.99. The topological polar surface area (TPSA) is 147 Å². The molecule has 1 N–H and O–H groups in total. The van der Waals surface area contributed by atoms with Crippen LogP contribution in [-0.4, -0.2) is 75.8 Å². The highest BCUT2D eigenvalue weighted by atomic mass is 35.6. The number of rotatable bonds is 13. The average Bonchev–Trinajstić information content (AvgIpc) is 3.89. The number of amides is 2. The van der Waals surface area contributed by atoms with Crippen LogP contribution in [0.4, 0.5) is 9.59 Å². The Hall–Kier alpha value is -2.87. The lowest BCUT2D eigenvalue weighted by Crippen LogP contribution is -2.70. The molecule has 3 aliphatic rings. The van der Waals surface area contributed by atoms with Gasteiger partial charge in [0.15, 0.2) is 12.3 Å². The summed E-state index contributed by atoms with van der Waals surface area (Å²) in [5.74, 6) is -2.12. The van der Waals surface area contributed by atoms with E-state index in [1.807, 2.05) is 0 Å². The summed E-state index contributed by atoms with van der Waals surface area (Å²) in [6, 6.07) is 7.24. The number of halogens is 3. The lowest BCUT2D eigenvalue weighted by molar-refractivity contribution is -0.153. The van der Waals surface area contributed by atoms with E-state index in [4.69, 9.17) is 58.5 Å². The van der Waals surface area contributed by atoms with Gasteiger partial charge in [-0.05, 0) is 68.3 Å². The van der Waals surface area contributed by atoms with Gasteiger partial charge in [-0.3, -0.25) is 14.5 Å². The maximum absolute atomic E-state index is 13.4. The monoisotopic (exact) mass is 678 g/mol. The van der Waals surface area contributed by atoms with Crippen LogP contribution in [0.15, 0.2) is 41.8 Å². The molecule has 2 amide bonds. The third kappa shape index (κ3) is 10.4. The molecule has 43 heavy (non-hydrogen) atoms. The van der Waals surface area contributed by atoms with Gasteiger partial charge in [-0.15, -0.1) is 0 Å². The zero-order valence-corrected chi connectivity index (χ0v) is 26.0. The molecule has 1 saturated heterocycles. The van der Waals surface area contributed by atoms with Crippen LogP contribution in [0.5, 0.6) is 5.75 Å². The molecule has 1 aromatic rings. The van der Waals surface area contributed by atoms with Gasteiger partial charge in [0.05, 0.1) is 13.2 Å². The Kier molecular flexibility index (Phi) is 11.3. The molecule has 2 unspecified atom stereocenters. The average molecular weight is 680 g/mol. The second-order valence-corrected chi connectivity index (χ2v) is 13.6. The maximum Gasteiger partial charge on any atom is 0.513 e. The Morgan fingerprint density at radius 2 is 1.60 bits per heavy atom. The van der Waals surface area contributed by atoms with Crippen molar-refractivity contribution in [2.45, 2.75) is 47.8 Å². The highest BCUT2D eigenvalue weighted by molar-refractivity contribution is 8.13. The molecule has 0 radical (unpaired) electrons. The fourth-order valence-corrected chi connectivity index (χ4v) is 4.87. The van der Waals surface area contributed by atoms with Gasteiger partial charge in [0.1, 0.15) is 29.5 Å². The third-order valence-electron chi connectivity index (χ3n) is 6.33. The van der Waals surface area contributed by atoms with Gasteiger partial charge in [-0.2, -0.15) is 0 Å². The van der Waals surface area contributed by atoms with Gasteiger partial charge < -0.3 is 29.0 Å². The number of nitrogens with zero attached hydrogens (tertiary/aromatic N) is 1. The predicted octanol–water partition coefficient (Wildman–Crippen LogP) is 4.71. The zero-order valence-electron chi connectivity index (χ0n) is 22.9. The maximum atomic E-state index is 13.4. The number of hydrogen-bond acceptors (Lipinski definition) is 11. The largest absolute Gasteiger partial charge is 0.513 e. The van der Waals surface area contributed by atoms with Crippen molar-refractivity contribution in [3.63, 3.8) is 0 Å². The van der Waals surface area contributed by atoms with E-state index in [1.165, 1.54) is 6.92 Å². The number of alkyl halides is 3. The van der Waals surface area contributed by atoms with E-state index in [0.29, 0.717) is 17.5 Å². The zero-order chi connectivity index (χ0) is 31.1. The molecular weight excluding hydrogens is 651 g/mol. The van der Waals surface area contributed by atoms with Crippen molar-refractivity contribution >= 4 is 75.8 Å². The molecular formula is C27H29Cl3N2O10S. The van der Waals surface area contributed by atoms with E-state index >= 15 is 0 Å². The van der Waals surface area contributed by atoms with Crippen molar-refractivity contribution in [1.82, 2.24) is 10.2 Å². The molecule has 16 heteroatoms. The van der Waals surface area contributed by atoms with E-state index in [1.54, 1.807) is 30.3 Å². The molecule has 1 heterocycles. The Labute approximate surface area is 266 Å². The first-order chi connectivity index (χ1) is 20.4. The quantitative estimate of drug-likeness (QED) is 0.0773. The molecule has 0 aromatic heterocycles. The Morgan fingerprint density at radius 1 is 0.977 bits per heavy atom. The smallest absolute Gasteiger partial charge is 0.484 e. The molecule has 2 saturated carbocycles. The first kappa shape index (κ1) is 33.0. The Balaban J connectivity index is 1.52. The first-order valence-electron chi connectivity index (χ1n) is 13.3. The van der Waals surface area contributed by atoms with Gasteiger partial charge in [0.25, 0.3) is 11.8 Å². The number of para-hydroxylation sites is 1. The molecule has 12 nitrogen and oxygen atoms in total. The molecule has 2 aliphatic carbocycles. The first-order valence-corrected chi connectivity index (χ1v) is 15.4. The van der Waals surface area contributed by atoms with E-state index in [2.05, 4.69) is 5.32 Å². The second kappa shape index (κ2) is 14.7. The fraction of sp³-hybridized carbons (Fsp3) is 0.519. The van der Waals surface area contributed by atoms with Crippen LogP contribution in [0, 0.1) is 11.8 Å². The van der Waals surface area contributed by atoms with E-state index in [9.17, 15) is 24.0 Å². The van der Waals surface area contributed by atoms with E-state index < -0.39 is 63.4 Å². The van der Waals surface area contributed by atoms with Crippen molar-refractivity contribution in [2.24, 2.45) is 11.8 Å². The molecule has 1 aliphatic heterocycles. The van der Waals surface area contributed by atoms with E-state index in [-0.39, 0.29) is 30.8 Å². The summed E-state index contributed by atoms with van der Waals surface area (Å²) in [4.78, 5) is 65.2. The lowest BCUT2D eigenvalue weighted by Gasteiger charge is -2.46. The second-order valence-electron chi connectivity index (χ2n) is 10.1. The molecule has 1 aromatic carbocycles. The Morgan fingerprint density at radius 3 is 2.21 bits per heavy atom. The number of carbonyl (C=O) groups excluding carboxylic acids is 5. The predicted molar refractivity (Wildman–Crippen MR) is 155 cm³/mol. The summed E-state index contributed by atoms with van der Waals surface area (Å²) < 4.78 is 24.1. The summed E-state index contributed by atoms with van der Waals surface area (Å²) in [6.07, 6.45) is 2.58. The number of esters is 1. The van der Waals surface area contributed by atoms with Crippen LogP contribution >= 0.6 is 46.6 Å². The minimum absolute atomic E-state index is 0.131. The molecule has 2 atom stereocenters. The van der Waals surface area contributed by atoms with Crippen LogP contribution in [0.2, 0.25) is 0 Å². The molecule has 3 fully saturated rings. The van der Waals surface area contributed by atoms with Gasteiger partial charge >= 0.3 is 17.4 Å². The number of ether oxygens (including phenoxy) is 5. The summed E-state index contributed by atoms with van der Waals surface area (Å²) >= 11 is 17.7. The van der Waals surface area contributed by atoms with Crippen LogP contribution < -0.4 is 10.1 Å². The van der Waals surface area contributed by atoms with Crippen molar-refractivity contribution in [2.75, 3.05) is 26.4 Å². The van der Waals surface area contributed by atoms with Crippen molar-refractivity contribution in [1.29, 1.82) is 0 Å². The minimum Gasteiger partial charge on any atom is -0.484 e. The SMILES string of the molecule is C/C(OC(=O)OCC1CC1)=C(\C(=O)OCC(Cl)(Cl)Cl)N1C(=O)C(NC(=O)COc2ccccc2)C1SC(=O)OCC1CC1. The van der Waals surface area contributed by atoms with Crippen molar-refractivity contribution < 1.29 is 47.7 Å². The molecule has 0 spiro atoms. The van der Waals surface area contributed by atoms with Crippen molar-refractivity contribution in [3.8, 4) is 5.75 Å². The number of thioether (sulfide) groups is 1. The summed E-state index contributed by atoms with van der Waals surface area (Å²) in [5, 5.41) is 0.572. The van der Waals surface area contributed by atoms with Crippen molar-refractivity contribution in [3.05, 3.63) is 41.8 Å². The molecule has 234 valence electrons. The third-order valence-corrected chi connectivity index (χ3v) is 7.69. The number of allylic oxidation sites excluding steroid dienone is 1. The van der Waals surface area contributed by atoms with Gasteiger partial charge in [-0.25, -0.2) is 14.4 Å². The summed E-state index contributed by atoms with van der Waals surface area (Å²) in [7, 11) is 0. The number of hydrogen-bond donors (Lipinski definition) is 1. The van der Waals surface area contributed by atoms with Crippen LogP contribution in [0.3, 0.4) is 0 Å². The van der Waals surface area contributed by atoms with E-state index in [0.717, 1.165) is 30.6 Å². The van der Waals surface area contributed by atoms with Crippen LogP contribution in [0.25, 0.3) is 0 Å². The summed E-state index contributed by atoms with van der Waals surface area (Å²) in [6.45, 7) is 0.411. The number of likely N-dealkylation sites (tertiary alicyclic amines) is 1. The number of benzene rings is 1. The number of β-lactam (4-membered cyclic amide) rings is 1. The van der Waals surface area contributed by atoms with Crippen LogP contribution in [0.1, 0.15) is 32.6 Å². The molecule has 0 bridgehead atoms. The molecule has 4 rings (SSSR count). The fourth-order valence-electron chi connectivity index (χ4n) is 3.74. The van der Waals surface area contributed by atoms with Gasteiger partial charge in [-0.1, -0.05) is 53.0 Å². The van der Waals surface area contributed by atoms with Crippen LogP contribution in [-0.2, 0) is 33.3 Å². The number of carbonyl (C=O) groups is 5. The van der Waals surface area contributed by atoms with Gasteiger partial charge in [0, 0.05) is 0 Å². The standard InChI is InChI=1S/C27H29Cl3N2O10S/c1-15(42-25(36)39-11-16-7-8-16)21(24(35)41-14-27(28,29)30)32-22(34)20(23(32)43-26(37)40-12-17-9-10-17)31-19(33)13-38-18-5-3-2-4-6-18/h2-6,16-17,20,23H,7-14H2,1H3,(H,31,33)/b21-15-. The summed E-state index contributed by atoms with van der Waals surface area (Å²) in [5.41, 5.74) is -0.554. The Bertz CT molecular complexity index is 1250. The number of nitrogens with one attached hydrogen (secondary N) is 1. The highest BCUT2D eigenvalue weighted by Gasteiger charge is 2.54.